The maximum atomic E-state index is 5.71. The van der Waals surface area contributed by atoms with Gasteiger partial charge in [-0.15, -0.1) is 0 Å². The monoisotopic (exact) mass is 157 g/mol. The number of hydrogen-bond acceptors (Lipinski definition) is 2. The highest BCUT2D eigenvalue weighted by Crippen LogP contribution is 2.01. The minimum atomic E-state index is -0.228. The van der Waals surface area contributed by atoms with Crippen molar-refractivity contribution in [3.63, 3.8) is 0 Å². The molecule has 0 saturated heterocycles. The normalized spacial score (nSPS) is 11.6. The number of hydrogen-bond donors (Lipinski definition) is 1. The van der Waals surface area contributed by atoms with Crippen molar-refractivity contribution in [2.75, 3.05) is 13.2 Å². The van der Waals surface area contributed by atoms with Crippen LogP contribution in [0.4, 0.5) is 0 Å². The topological polar surface area (TPSA) is 35.2 Å². The fourth-order valence-electron chi connectivity index (χ4n) is 0.560. The van der Waals surface area contributed by atoms with E-state index in [-0.39, 0.29) is 5.54 Å². The van der Waals surface area contributed by atoms with Gasteiger partial charge in [-0.05, 0) is 20.3 Å². The lowest BCUT2D eigenvalue weighted by atomic mass is 10.1. The molecule has 0 atom stereocenters. The standard InChI is InChI=1S/C9H19NO/c1-5-8(2)6-11-7-9(3,4)10/h2,5-7,10H2,1,3-4H3. The van der Waals surface area contributed by atoms with Crippen LogP contribution in [0.5, 0.6) is 0 Å². The molecule has 0 aliphatic heterocycles. The van der Waals surface area contributed by atoms with E-state index in [1.54, 1.807) is 0 Å². The Kier molecular flexibility index (Phi) is 4.38. The minimum absolute atomic E-state index is 0.228. The molecule has 66 valence electrons. The zero-order valence-corrected chi connectivity index (χ0v) is 7.81. The quantitative estimate of drug-likeness (QED) is 0.616. The van der Waals surface area contributed by atoms with Crippen LogP contribution >= 0.6 is 0 Å². The van der Waals surface area contributed by atoms with Gasteiger partial charge >= 0.3 is 0 Å². The Morgan fingerprint density at radius 1 is 1.55 bits per heavy atom. The van der Waals surface area contributed by atoms with E-state index in [0.717, 1.165) is 12.0 Å². The summed E-state index contributed by atoms with van der Waals surface area (Å²) in [6, 6.07) is 0. The van der Waals surface area contributed by atoms with Crippen molar-refractivity contribution >= 4 is 0 Å². The van der Waals surface area contributed by atoms with Gasteiger partial charge in [-0.1, -0.05) is 19.1 Å². The molecule has 0 radical (unpaired) electrons. The average Bonchev–Trinajstić information content (AvgIpc) is 1.85. The van der Waals surface area contributed by atoms with Crippen molar-refractivity contribution in [2.45, 2.75) is 32.7 Å². The largest absolute Gasteiger partial charge is 0.375 e. The lowest BCUT2D eigenvalue weighted by Crippen LogP contribution is -2.37. The van der Waals surface area contributed by atoms with Gasteiger partial charge in [0.25, 0.3) is 0 Å². The van der Waals surface area contributed by atoms with E-state index in [0.29, 0.717) is 13.2 Å². The molecule has 2 N–H and O–H groups in total. The molecule has 0 bridgehead atoms. The van der Waals surface area contributed by atoms with Gasteiger partial charge in [0, 0.05) is 5.54 Å². The molecule has 0 aliphatic carbocycles. The maximum Gasteiger partial charge on any atom is 0.0675 e. The Bertz CT molecular complexity index is 124. The predicted octanol–water partition coefficient (Wildman–Crippen LogP) is 1.71. The molecule has 11 heavy (non-hydrogen) atoms. The summed E-state index contributed by atoms with van der Waals surface area (Å²) in [6.45, 7) is 11.0. The second kappa shape index (κ2) is 4.52. The van der Waals surface area contributed by atoms with Gasteiger partial charge in [0.2, 0.25) is 0 Å². The Morgan fingerprint density at radius 3 is 2.45 bits per heavy atom. The van der Waals surface area contributed by atoms with Crippen LogP contribution in [0.3, 0.4) is 0 Å². The molecule has 0 aromatic rings. The molecule has 0 saturated carbocycles. The van der Waals surface area contributed by atoms with E-state index in [4.69, 9.17) is 10.5 Å². The SMILES string of the molecule is C=C(CC)COCC(C)(C)N. The van der Waals surface area contributed by atoms with Crippen molar-refractivity contribution < 1.29 is 4.74 Å². The molecule has 0 unspecified atom stereocenters. The van der Waals surface area contributed by atoms with Gasteiger partial charge in [0.1, 0.15) is 0 Å². The van der Waals surface area contributed by atoms with Gasteiger partial charge in [0.15, 0.2) is 0 Å². The Balaban J connectivity index is 3.35. The third-order valence-electron chi connectivity index (χ3n) is 1.28. The lowest BCUT2D eigenvalue weighted by molar-refractivity contribution is 0.114. The molecule has 0 amide bonds. The van der Waals surface area contributed by atoms with Gasteiger partial charge in [-0.2, -0.15) is 0 Å². The highest BCUT2D eigenvalue weighted by atomic mass is 16.5. The van der Waals surface area contributed by atoms with Crippen molar-refractivity contribution in [2.24, 2.45) is 5.73 Å². The van der Waals surface area contributed by atoms with Gasteiger partial charge in [0.05, 0.1) is 13.2 Å². The van der Waals surface area contributed by atoms with Crippen LogP contribution in [0.25, 0.3) is 0 Å². The highest BCUT2D eigenvalue weighted by molar-refractivity contribution is 4.92. The number of rotatable bonds is 5. The summed E-state index contributed by atoms with van der Waals surface area (Å²) in [6.07, 6.45) is 0.977. The Morgan fingerprint density at radius 2 is 2.09 bits per heavy atom. The first-order chi connectivity index (χ1) is 4.95. The molecule has 0 heterocycles. The third-order valence-corrected chi connectivity index (χ3v) is 1.28. The van der Waals surface area contributed by atoms with E-state index < -0.39 is 0 Å². The fraction of sp³-hybridized carbons (Fsp3) is 0.778. The zero-order chi connectivity index (χ0) is 8.91. The second-order valence-electron chi connectivity index (χ2n) is 3.58. The van der Waals surface area contributed by atoms with Crippen LogP contribution in [0.2, 0.25) is 0 Å². The Labute approximate surface area is 69.4 Å². The smallest absolute Gasteiger partial charge is 0.0675 e. The van der Waals surface area contributed by atoms with Crippen LogP contribution in [-0.2, 0) is 4.74 Å². The summed E-state index contributed by atoms with van der Waals surface area (Å²) in [7, 11) is 0. The molecular formula is C9H19NO. The van der Waals surface area contributed by atoms with Crippen LogP contribution in [0, 0.1) is 0 Å². The predicted molar refractivity (Wildman–Crippen MR) is 48.5 cm³/mol. The summed E-state index contributed by atoms with van der Waals surface area (Å²) < 4.78 is 5.33. The summed E-state index contributed by atoms with van der Waals surface area (Å²) in [5, 5.41) is 0. The molecule has 2 nitrogen and oxygen atoms in total. The first-order valence-electron chi connectivity index (χ1n) is 3.99. The Hall–Kier alpha value is -0.340. The fourth-order valence-corrected chi connectivity index (χ4v) is 0.560. The molecule has 2 heteroatoms. The van der Waals surface area contributed by atoms with Crippen molar-refractivity contribution in [1.82, 2.24) is 0 Å². The molecule has 0 aromatic heterocycles. The molecule has 0 aromatic carbocycles. The van der Waals surface area contributed by atoms with E-state index in [2.05, 4.69) is 13.5 Å². The highest BCUT2D eigenvalue weighted by Gasteiger charge is 2.09. The molecule has 0 spiro atoms. The van der Waals surface area contributed by atoms with Crippen molar-refractivity contribution in [1.29, 1.82) is 0 Å². The molecular weight excluding hydrogens is 138 g/mol. The molecule has 0 rings (SSSR count). The molecule has 0 fully saturated rings. The minimum Gasteiger partial charge on any atom is -0.375 e. The summed E-state index contributed by atoms with van der Waals surface area (Å²) in [5.74, 6) is 0. The van der Waals surface area contributed by atoms with E-state index >= 15 is 0 Å². The van der Waals surface area contributed by atoms with Crippen LogP contribution in [0.15, 0.2) is 12.2 Å². The first-order valence-corrected chi connectivity index (χ1v) is 3.99. The van der Waals surface area contributed by atoms with E-state index in [1.165, 1.54) is 0 Å². The number of ether oxygens (including phenoxy) is 1. The lowest BCUT2D eigenvalue weighted by Gasteiger charge is -2.18. The van der Waals surface area contributed by atoms with E-state index in [9.17, 15) is 0 Å². The summed E-state index contributed by atoms with van der Waals surface area (Å²) in [4.78, 5) is 0. The average molecular weight is 157 g/mol. The maximum absolute atomic E-state index is 5.71. The van der Waals surface area contributed by atoms with Gasteiger partial charge < -0.3 is 10.5 Å². The second-order valence-corrected chi connectivity index (χ2v) is 3.58. The van der Waals surface area contributed by atoms with E-state index in [1.807, 2.05) is 13.8 Å². The zero-order valence-electron chi connectivity index (χ0n) is 7.81. The van der Waals surface area contributed by atoms with Crippen molar-refractivity contribution in [3.8, 4) is 0 Å². The van der Waals surface area contributed by atoms with Gasteiger partial charge in [-0.25, -0.2) is 0 Å². The summed E-state index contributed by atoms with van der Waals surface area (Å²) >= 11 is 0. The number of nitrogens with two attached hydrogens (primary N) is 1. The van der Waals surface area contributed by atoms with Crippen LogP contribution in [0.1, 0.15) is 27.2 Å². The van der Waals surface area contributed by atoms with Gasteiger partial charge in [-0.3, -0.25) is 0 Å². The van der Waals surface area contributed by atoms with Crippen LogP contribution < -0.4 is 5.73 Å². The third kappa shape index (κ3) is 7.56. The van der Waals surface area contributed by atoms with Crippen LogP contribution in [-0.4, -0.2) is 18.8 Å². The van der Waals surface area contributed by atoms with Crippen molar-refractivity contribution in [3.05, 3.63) is 12.2 Å². The summed E-state index contributed by atoms with van der Waals surface area (Å²) in [5.41, 5.74) is 6.60. The first kappa shape index (κ1) is 10.7. The molecule has 0 aliphatic rings.